The van der Waals surface area contributed by atoms with Gasteiger partial charge in [0.25, 0.3) is 0 Å². The van der Waals surface area contributed by atoms with Crippen LogP contribution in [0.15, 0.2) is 122 Å². The number of phosphoric acid groups is 1. The first-order valence-corrected chi connectivity index (χ1v) is 26.9. The van der Waals surface area contributed by atoms with Gasteiger partial charge in [0.2, 0.25) is 0 Å². The molecule has 0 bridgehead atoms. The highest BCUT2D eigenvalue weighted by molar-refractivity contribution is 7.47. The molecule has 1 saturated carbocycles. The SMILES string of the molecule is CC/C=C\C/C=C\C/C=C\C/C=C\C/C=C\CCCCCCCC(=O)OC(COCCCCCC/C=C\C/C=C\C/C=C\C/C=C\C/C=C\CC)COP(=O)(O)OC1C(O)C(O)C(O)C(O)C1O. The summed E-state index contributed by atoms with van der Waals surface area (Å²) >= 11 is 0. The minimum Gasteiger partial charge on any atom is -0.457 e. The standard InChI is InChI=1S/C55H89O12P/c1-3-5-7-9-11-13-15-17-19-21-23-25-26-28-30-32-34-36-38-40-42-44-49(56)66-48(47-65-68(62,63)67-55-53(60)51(58)50(57)52(59)54(55)61)46-64-45-43-41-39-37-35-33-31-29-27-24-22-20-18-16-14-12-10-8-6-4-2/h5-8,11-14,17-20,23-25,27-28,30-31,33,48,50-55,57-61H,3-4,9-10,15-16,21-22,26,29,32,34-47H2,1-2H3,(H,62,63)/b7-5-,8-6-,13-11-,14-12-,19-17-,20-18-,25-23-,27-24-,30-28-,33-31-. The van der Waals surface area contributed by atoms with Crippen LogP contribution in [0.1, 0.15) is 155 Å². The monoisotopic (exact) mass is 973 g/mol. The van der Waals surface area contributed by atoms with E-state index in [-0.39, 0.29) is 13.0 Å². The fourth-order valence-corrected chi connectivity index (χ4v) is 7.85. The van der Waals surface area contributed by atoms with Gasteiger partial charge in [0.05, 0.1) is 13.2 Å². The Balaban J connectivity index is 2.41. The maximum Gasteiger partial charge on any atom is 0.472 e. The predicted molar refractivity (Wildman–Crippen MR) is 276 cm³/mol. The number of carbonyl (C=O) groups excluding carboxylic acids is 1. The van der Waals surface area contributed by atoms with Crippen molar-refractivity contribution < 1.29 is 58.3 Å². The van der Waals surface area contributed by atoms with Crippen LogP contribution >= 0.6 is 7.82 Å². The number of hydrogen-bond donors (Lipinski definition) is 6. The van der Waals surface area contributed by atoms with E-state index < -0.39 is 63.1 Å². The van der Waals surface area contributed by atoms with Crippen molar-refractivity contribution >= 4 is 13.8 Å². The zero-order chi connectivity index (χ0) is 49.8. The maximum absolute atomic E-state index is 12.9. The van der Waals surface area contributed by atoms with Crippen molar-refractivity contribution in [2.45, 2.75) is 198 Å². The number of hydrogen-bond acceptors (Lipinski definition) is 11. The van der Waals surface area contributed by atoms with E-state index >= 15 is 0 Å². The summed E-state index contributed by atoms with van der Waals surface area (Å²) in [5.74, 6) is -0.511. The molecule has 1 fully saturated rings. The van der Waals surface area contributed by atoms with Gasteiger partial charge in [0, 0.05) is 13.0 Å². The highest BCUT2D eigenvalue weighted by Gasteiger charge is 2.51. The molecule has 0 aromatic carbocycles. The number of aliphatic hydroxyl groups excluding tert-OH is 5. The molecule has 1 rings (SSSR count). The third-order valence-corrected chi connectivity index (χ3v) is 11.8. The second-order valence-electron chi connectivity index (χ2n) is 16.9. The lowest BCUT2D eigenvalue weighted by molar-refractivity contribution is -0.220. The van der Waals surface area contributed by atoms with Crippen LogP contribution in [0.5, 0.6) is 0 Å². The van der Waals surface area contributed by atoms with E-state index in [0.717, 1.165) is 128 Å². The predicted octanol–water partition coefficient (Wildman–Crippen LogP) is 11.4. The van der Waals surface area contributed by atoms with E-state index in [2.05, 4.69) is 135 Å². The van der Waals surface area contributed by atoms with Crippen molar-refractivity contribution in [3.8, 4) is 0 Å². The maximum atomic E-state index is 12.9. The fraction of sp³-hybridized carbons (Fsp3) is 0.618. The zero-order valence-corrected chi connectivity index (χ0v) is 42.2. The molecule has 0 aromatic heterocycles. The second-order valence-corrected chi connectivity index (χ2v) is 18.3. The fourth-order valence-electron chi connectivity index (χ4n) is 6.88. The van der Waals surface area contributed by atoms with Crippen molar-refractivity contribution in [2.24, 2.45) is 0 Å². The minimum absolute atomic E-state index is 0.111. The summed E-state index contributed by atoms with van der Waals surface area (Å²) in [6, 6.07) is 0. The molecular weight excluding hydrogens is 884 g/mol. The number of phosphoric ester groups is 1. The molecule has 0 saturated heterocycles. The Bertz CT molecular complexity index is 1580. The van der Waals surface area contributed by atoms with Gasteiger partial charge >= 0.3 is 13.8 Å². The largest absolute Gasteiger partial charge is 0.472 e. The third kappa shape index (κ3) is 34.9. The van der Waals surface area contributed by atoms with E-state index in [4.69, 9.17) is 18.5 Å². The van der Waals surface area contributed by atoms with Gasteiger partial charge in [-0.05, 0) is 103 Å². The van der Waals surface area contributed by atoms with E-state index in [1.165, 1.54) is 0 Å². The minimum atomic E-state index is -5.05. The molecule has 0 radical (unpaired) electrons. The summed E-state index contributed by atoms with van der Waals surface area (Å²) in [5.41, 5.74) is 0. The Kier molecular flexibility index (Phi) is 40.4. The molecule has 1 aliphatic carbocycles. The van der Waals surface area contributed by atoms with Gasteiger partial charge in [0.15, 0.2) is 0 Å². The molecule has 0 heterocycles. The molecule has 13 heteroatoms. The van der Waals surface area contributed by atoms with Crippen molar-refractivity contribution in [2.75, 3.05) is 19.8 Å². The molecule has 6 atom stereocenters. The van der Waals surface area contributed by atoms with Crippen molar-refractivity contribution in [1.82, 2.24) is 0 Å². The zero-order valence-electron chi connectivity index (χ0n) is 41.3. The Morgan fingerprint density at radius 3 is 1.25 bits per heavy atom. The summed E-state index contributed by atoms with van der Waals surface area (Å²) in [5, 5.41) is 50.3. The number of aliphatic hydroxyl groups is 5. The van der Waals surface area contributed by atoms with Crippen LogP contribution in [0.2, 0.25) is 0 Å². The Labute approximate surface area is 409 Å². The van der Waals surface area contributed by atoms with E-state index in [1.807, 2.05) is 0 Å². The van der Waals surface area contributed by atoms with Gasteiger partial charge in [-0.15, -0.1) is 0 Å². The van der Waals surface area contributed by atoms with E-state index in [0.29, 0.717) is 13.0 Å². The topological polar surface area (TPSA) is 192 Å². The highest BCUT2D eigenvalue weighted by atomic mass is 31.2. The lowest BCUT2D eigenvalue weighted by Crippen LogP contribution is -2.64. The van der Waals surface area contributed by atoms with E-state index in [9.17, 15) is 39.8 Å². The van der Waals surface area contributed by atoms with Gasteiger partial charge in [-0.2, -0.15) is 0 Å². The number of rotatable bonds is 41. The first-order chi connectivity index (χ1) is 33.0. The quantitative estimate of drug-likeness (QED) is 0.0147. The van der Waals surface area contributed by atoms with Crippen LogP contribution in [0.4, 0.5) is 0 Å². The molecule has 386 valence electrons. The van der Waals surface area contributed by atoms with Crippen LogP contribution in [0.3, 0.4) is 0 Å². The van der Waals surface area contributed by atoms with Crippen LogP contribution in [-0.2, 0) is 27.9 Å². The number of carbonyl (C=O) groups is 1. The Hall–Kier alpha value is -3.26. The lowest BCUT2D eigenvalue weighted by atomic mass is 9.85. The Morgan fingerprint density at radius 1 is 0.471 bits per heavy atom. The second kappa shape index (κ2) is 43.7. The van der Waals surface area contributed by atoms with Gasteiger partial charge < -0.3 is 39.9 Å². The molecule has 0 aromatic rings. The summed E-state index contributed by atoms with van der Waals surface area (Å²) in [4.78, 5) is 23.2. The van der Waals surface area contributed by atoms with E-state index in [1.54, 1.807) is 0 Å². The van der Waals surface area contributed by atoms with Gasteiger partial charge in [-0.1, -0.05) is 167 Å². The Morgan fingerprint density at radius 2 is 0.824 bits per heavy atom. The summed E-state index contributed by atoms with van der Waals surface area (Å²) in [7, 11) is -5.05. The molecule has 6 unspecified atom stereocenters. The van der Waals surface area contributed by atoms with Crippen molar-refractivity contribution in [1.29, 1.82) is 0 Å². The number of allylic oxidation sites excluding steroid dienone is 20. The number of esters is 1. The van der Waals surface area contributed by atoms with Gasteiger partial charge in [-0.3, -0.25) is 13.8 Å². The third-order valence-electron chi connectivity index (χ3n) is 10.8. The van der Waals surface area contributed by atoms with Gasteiger partial charge in [-0.25, -0.2) is 4.57 Å². The average Bonchev–Trinajstić information content (AvgIpc) is 3.32. The van der Waals surface area contributed by atoms with Crippen LogP contribution < -0.4 is 0 Å². The number of unbranched alkanes of at least 4 members (excludes halogenated alkanes) is 9. The molecule has 0 spiro atoms. The molecule has 68 heavy (non-hydrogen) atoms. The molecule has 0 aliphatic heterocycles. The molecule has 1 aliphatic rings. The molecule has 0 amide bonds. The van der Waals surface area contributed by atoms with Crippen LogP contribution in [-0.4, -0.2) is 98.9 Å². The first-order valence-electron chi connectivity index (χ1n) is 25.4. The summed E-state index contributed by atoms with van der Waals surface area (Å²) < 4.78 is 34.2. The average molecular weight is 973 g/mol. The first kappa shape index (κ1) is 62.8. The van der Waals surface area contributed by atoms with Crippen LogP contribution in [0, 0.1) is 0 Å². The van der Waals surface area contributed by atoms with Crippen molar-refractivity contribution in [3.05, 3.63) is 122 Å². The highest BCUT2D eigenvalue weighted by Crippen LogP contribution is 2.47. The normalized spacial score (nSPS) is 22.2. The number of ether oxygens (including phenoxy) is 2. The summed E-state index contributed by atoms with van der Waals surface area (Å²) in [6.45, 7) is 3.94. The van der Waals surface area contributed by atoms with Crippen molar-refractivity contribution in [3.63, 3.8) is 0 Å². The van der Waals surface area contributed by atoms with Gasteiger partial charge in [0.1, 0.15) is 42.7 Å². The smallest absolute Gasteiger partial charge is 0.457 e. The molecule has 6 N–H and O–H groups in total. The summed E-state index contributed by atoms with van der Waals surface area (Å²) in [6.07, 6.45) is 51.1. The van der Waals surface area contributed by atoms with Crippen LogP contribution in [0.25, 0.3) is 0 Å². The lowest BCUT2D eigenvalue weighted by Gasteiger charge is -2.41. The molecular formula is C55H89O12P. The molecule has 12 nitrogen and oxygen atoms in total.